The SMILES string of the molecule is CN1CCCC1.CN1CCCCC1.CN1CCN(C)CC1.CNCCN1CCN(C)CC1.CNCCN1CCOCC1.Cc1cc(F)cc(F)c1.FC(F)(F)c1ccccc1. The molecule has 15 heteroatoms. The van der Waals surface area contributed by atoms with Crippen molar-refractivity contribution in [2.75, 3.05) is 180 Å². The molecule has 5 fully saturated rings. The number of piperazine rings is 2. The normalized spacial score (nSPS) is 19.7. The summed E-state index contributed by atoms with van der Waals surface area (Å²) >= 11 is 0. The molecule has 5 saturated heterocycles. The minimum Gasteiger partial charge on any atom is -0.379 e. The first-order chi connectivity index (χ1) is 29.1. The van der Waals surface area contributed by atoms with Crippen LogP contribution in [0.5, 0.6) is 0 Å². The first-order valence-corrected chi connectivity index (χ1v) is 22.4. The molecular weight excluding hydrogens is 790 g/mol. The summed E-state index contributed by atoms with van der Waals surface area (Å²) in [5, 5.41) is 6.30. The van der Waals surface area contributed by atoms with Crippen molar-refractivity contribution in [1.29, 1.82) is 0 Å². The van der Waals surface area contributed by atoms with Gasteiger partial charge in [0, 0.05) is 97.7 Å². The maximum absolute atomic E-state index is 12.2. The maximum atomic E-state index is 12.2. The van der Waals surface area contributed by atoms with Crippen LogP contribution in [0.3, 0.4) is 0 Å². The van der Waals surface area contributed by atoms with Gasteiger partial charge in [-0.15, -0.1) is 0 Å². The second-order valence-corrected chi connectivity index (χ2v) is 16.6. The van der Waals surface area contributed by atoms with Crippen LogP contribution in [-0.4, -0.2) is 215 Å². The van der Waals surface area contributed by atoms with E-state index in [4.69, 9.17) is 4.74 Å². The summed E-state index contributed by atoms with van der Waals surface area (Å²) in [4.78, 5) is 16.8. The lowest BCUT2D eigenvalue weighted by Gasteiger charge is -2.32. The van der Waals surface area contributed by atoms with E-state index in [9.17, 15) is 22.0 Å². The minimum atomic E-state index is -4.21. The van der Waals surface area contributed by atoms with Crippen LogP contribution in [0.2, 0.25) is 0 Å². The Labute approximate surface area is 367 Å². The summed E-state index contributed by atoms with van der Waals surface area (Å²) in [6.45, 7) is 25.3. The van der Waals surface area contributed by atoms with E-state index >= 15 is 0 Å². The molecule has 0 unspecified atom stereocenters. The molecule has 0 saturated carbocycles. The van der Waals surface area contributed by atoms with Crippen molar-refractivity contribution >= 4 is 0 Å². The van der Waals surface area contributed by atoms with Crippen molar-refractivity contribution in [2.45, 2.75) is 45.2 Å². The Morgan fingerprint density at radius 2 is 0.869 bits per heavy atom. The number of alkyl halides is 3. The van der Waals surface area contributed by atoms with Crippen molar-refractivity contribution < 1.29 is 26.7 Å². The molecule has 0 amide bonds. The van der Waals surface area contributed by atoms with Gasteiger partial charge in [-0.1, -0.05) is 36.8 Å². The number of morpholine rings is 1. The molecule has 2 aromatic rings. The lowest BCUT2D eigenvalue weighted by molar-refractivity contribution is -0.137. The van der Waals surface area contributed by atoms with E-state index in [0.717, 1.165) is 64.1 Å². The number of halogens is 5. The highest BCUT2D eigenvalue weighted by molar-refractivity contribution is 5.17. The van der Waals surface area contributed by atoms with Crippen LogP contribution in [0, 0.1) is 18.6 Å². The molecule has 5 aliphatic rings. The standard InChI is InChI=1S/C8H19N3.C7H5F3.C7H6F2.C7H16N2O.C6H14N2.C6H13N.C5H11N/c1-9-3-4-11-7-5-10(2)6-8-11;8-7(9,10)6-4-2-1-3-5-6;1-5-2-6(8)4-7(9)3-5;1-8-2-3-9-4-6-10-7-5-9;1-7-3-5-8(2)6-4-7;1-7-5-3-2-4-6-7;1-6-4-2-3-5-6/h9H,3-8H2,1-2H3;1-5H;2-4H,1H3;8H,2-7H2,1H3;3-6H2,1-2H3;2-6H2,1H3;2-5H2,1H3. The lowest BCUT2D eigenvalue weighted by atomic mass is 10.1. The van der Waals surface area contributed by atoms with Gasteiger partial charge in [0.05, 0.1) is 18.8 Å². The minimum absolute atomic E-state index is 0.521. The quantitative estimate of drug-likeness (QED) is 0.357. The third-order valence-electron chi connectivity index (χ3n) is 10.8. The van der Waals surface area contributed by atoms with Gasteiger partial charge in [-0.25, -0.2) is 8.78 Å². The third kappa shape index (κ3) is 32.1. The molecule has 5 aliphatic heterocycles. The average molecular weight is 874 g/mol. The number of aryl methyl sites for hydroxylation is 1. The second-order valence-electron chi connectivity index (χ2n) is 16.6. The Balaban J connectivity index is 0.000000358. The van der Waals surface area contributed by atoms with Gasteiger partial charge in [0.25, 0.3) is 0 Å². The van der Waals surface area contributed by atoms with Crippen molar-refractivity contribution in [3.63, 3.8) is 0 Å². The number of hydrogen-bond acceptors (Lipinski definition) is 10. The van der Waals surface area contributed by atoms with Gasteiger partial charge in [-0.05, 0) is 126 Å². The molecule has 61 heavy (non-hydrogen) atoms. The first-order valence-electron chi connectivity index (χ1n) is 22.4. The first kappa shape index (κ1) is 56.7. The molecule has 5 heterocycles. The maximum Gasteiger partial charge on any atom is 0.416 e. The van der Waals surface area contributed by atoms with E-state index in [1.165, 1.54) is 141 Å². The van der Waals surface area contributed by atoms with Crippen LogP contribution in [0.15, 0.2) is 48.5 Å². The number of likely N-dealkylation sites (N-methyl/N-ethyl adjacent to an activating group) is 5. The van der Waals surface area contributed by atoms with E-state index in [1.54, 1.807) is 13.0 Å². The smallest absolute Gasteiger partial charge is 0.379 e. The molecule has 0 radical (unpaired) electrons. The summed E-state index contributed by atoms with van der Waals surface area (Å²) < 4.78 is 65.0. The van der Waals surface area contributed by atoms with Gasteiger partial charge >= 0.3 is 6.18 Å². The number of hydrogen-bond donors (Lipinski definition) is 2. The Hall–Kier alpha value is -2.31. The number of likely N-dealkylation sites (tertiary alicyclic amines) is 2. The van der Waals surface area contributed by atoms with Crippen LogP contribution in [0.25, 0.3) is 0 Å². The number of nitrogens with one attached hydrogen (secondary N) is 2. The monoisotopic (exact) mass is 874 g/mol. The average Bonchev–Trinajstić information content (AvgIpc) is 3.73. The molecule has 10 nitrogen and oxygen atoms in total. The number of ether oxygens (including phenoxy) is 1. The molecule has 0 aliphatic carbocycles. The van der Waals surface area contributed by atoms with Gasteiger partial charge in [0.15, 0.2) is 0 Å². The van der Waals surface area contributed by atoms with E-state index in [1.807, 2.05) is 14.1 Å². The second kappa shape index (κ2) is 35.1. The predicted molar refractivity (Wildman–Crippen MR) is 245 cm³/mol. The molecule has 0 spiro atoms. The molecule has 2 N–H and O–H groups in total. The zero-order chi connectivity index (χ0) is 45.3. The highest BCUT2D eigenvalue weighted by Gasteiger charge is 2.29. The van der Waals surface area contributed by atoms with E-state index < -0.39 is 23.4 Å². The van der Waals surface area contributed by atoms with Gasteiger partial charge in [0.2, 0.25) is 0 Å². The van der Waals surface area contributed by atoms with Crippen LogP contribution < -0.4 is 10.6 Å². The number of benzene rings is 2. The Kier molecular flexibility index (Phi) is 32.6. The molecule has 0 aromatic heterocycles. The van der Waals surface area contributed by atoms with Crippen LogP contribution in [0.4, 0.5) is 22.0 Å². The molecule has 7 rings (SSSR count). The van der Waals surface area contributed by atoms with Crippen LogP contribution in [-0.2, 0) is 10.9 Å². The van der Waals surface area contributed by atoms with Crippen molar-refractivity contribution in [3.8, 4) is 0 Å². The van der Waals surface area contributed by atoms with Gasteiger partial charge in [-0.2, -0.15) is 13.2 Å². The summed E-state index contributed by atoms with van der Waals surface area (Å²) in [7, 11) is 14.9. The van der Waals surface area contributed by atoms with Crippen molar-refractivity contribution in [1.82, 2.24) is 44.9 Å². The Morgan fingerprint density at radius 3 is 1.18 bits per heavy atom. The summed E-state index contributed by atoms with van der Waals surface area (Å²) in [6, 6.07) is 9.78. The van der Waals surface area contributed by atoms with E-state index in [2.05, 4.69) is 80.2 Å². The largest absolute Gasteiger partial charge is 0.416 e. The van der Waals surface area contributed by atoms with Gasteiger partial charge < -0.3 is 39.9 Å². The third-order valence-corrected chi connectivity index (χ3v) is 10.8. The molecule has 0 atom stereocenters. The number of nitrogens with zero attached hydrogens (tertiary/aromatic N) is 7. The van der Waals surface area contributed by atoms with Crippen molar-refractivity contribution in [2.24, 2.45) is 0 Å². The summed E-state index contributed by atoms with van der Waals surface area (Å²) in [6.07, 6.45) is 2.89. The highest BCUT2D eigenvalue weighted by Crippen LogP contribution is 2.28. The fourth-order valence-corrected chi connectivity index (χ4v) is 6.59. The number of piperidine rings is 1. The number of rotatable bonds is 6. The Bertz CT molecular complexity index is 1220. The fraction of sp³-hybridized carbons (Fsp3) is 0.739. The van der Waals surface area contributed by atoms with Gasteiger partial charge in [0.1, 0.15) is 11.6 Å². The summed E-state index contributed by atoms with van der Waals surface area (Å²) in [5.41, 5.74) is 0.00231. The zero-order valence-electron chi connectivity index (χ0n) is 39.2. The topological polar surface area (TPSA) is 56.0 Å². The zero-order valence-corrected chi connectivity index (χ0v) is 39.2. The molecule has 0 bridgehead atoms. The molecular formula is C46H84F5N9O. The van der Waals surface area contributed by atoms with Gasteiger partial charge in [-0.3, -0.25) is 9.80 Å². The van der Waals surface area contributed by atoms with E-state index in [-0.39, 0.29) is 0 Å². The highest BCUT2D eigenvalue weighted by atomic mass is 19.4. The lowest BCUT2D eigenvalue weighted by Crippen LogP contribution is -2.46. The fourth-order valence-electron chi connectivity index (χ4n) is 6.59. The van der Waals surface area contributed by atoms with Crippen LogP contribution in [0.1, 0.15) is 43.2 Å². The predicted octanol–water partition coefficient (Wildman–Crippen LogP) is 5.65. The van der Waals surface area contributed by atoms with E-state index in [0.29, 0.717) is 5.56 Å². The summed E-state index contributed by atoms with van der Waals surface area (Å²) in [5.74, 6) is -1.04. The Morgan fingerprint density at radius 1 is 0.508 bits per heavy atom. The van der Waals surface area contributed by atoms with Crippen LogP contribution >= 0.6 is 0 Å². The molecule has 354 valence electrons. The molecule has 2 aromatic carbocycles. The van der Waals surface area contributed by atoms with Crippen molar-refractivity contribution in [3.05, 3.63) is 71.3 Å².